The number of hydrazone groups is 1. The molecule has 4 N–H and O–H groups in total. The summed E-state index contributed by atoms with van der Waals surface area (Å²) < 4.78 is 0. The Balaban J connectivity index is 0.000000671. The molecule has 0 saturated carbocycles. The highest BCUT2D eigenvalue weighted by Gasteiger charge is 1.93. The molecule has 0 amide bonds. The molecule has 1 aromatic carbocycles. The van der Waals surface area contributed by atoms with E-state index in [9.17, 15) is 0 Å². The number of nitrogens with two attached hydrogens (primary N) is 2. The third-order valence-electron chi connectivity index (χ3n) is 1.21. The Morgan fingerprint density at radius 1 is 1.23 bits per heavy atom. The Bertz CT molecular complexity index is 240. The number of benzene rings is 1. The summed E-state index contributed by atoms with van der Waals surface area (Å²) in [5, 5.41) is 4.87. The van der Waals surface area contributed by atoms with E-state index >= 15 is 0 Å². The van der Waals surface area contributed by atoms with Gasteiger partial charge in [0.15, 0.2) is 0 Å². The van der Waals surface area contributed by atoms with Crippen LogP contribution < -0.4 is 16.7 Å². The predicted octanol–water partition coefficient (Wildman–Crippen LogP) is 1.03. The van der Waals surface area contributed by atoms with Crippen LogP contribution in [0.25, 0.3) is 0 Å². The molecule has 0 aromatic heterocycles. The minimum atomic E-state index is 0.800. The highest BCUT2D eigenvalue weighted by atomic mass is 33.1. The van der Waals surface area contributed by atoms with Crippen molar-refractivity contribution in [3.05, 3.63) is 30.3 Å². The van der Waals surface area contributed by atoms with Gasteiger partial charge in [-0.1, -0.05) is 18.2 Å². The Labute approximate surface area is 87.8 Å². The summed E-state index contributed by atoms with van der Waals surface area (Å²) in [6.07, 6.45) is 1.15. The summed E-state index contributed by atoms with van der Waals surface area (Å²) in [5.74, 6) is 5.46. The fraction of sp³-hybridized carbons (Fsp3) is 0. The molecule has 0 aliphatic heterocycles. The Morgan fingerprint density at radius 3 is 2.23 bits per heavy atom. The lowest BCUT2D eigenvalue weighted by atomic mass is 10.3. The van der Waals surface area contributed by atoms with Gasteiger partial charge in [0.25, 0.3) is 0 Å². The number of rotatable bonds is 2. The van der Waals surface area contributed by atoms with Gasteiger partial charge < -0.3 is 5.73 Å². The summed E-state index contributed by atoms with van der Waals surface area (Å²) in [7, 11) is 0. The number of hydrogen-bond acceptors (Lipinski definition) is 5. The van der Waals surface area contributed by atoms with Crippen LogP contribution in [0.5, 0.6) is 0 Å². The molecule has 0 bridgehead atoms. The van der Waals surface area contributed by atoms with E-state index in [1.54, 1.807) is 0 Å². The van der Waals surface area contributed by atoms with Crippen molar-refractivity contribution in [1.82, 2.24) is 0 Å². The first-order valence-electron chi connectivity index (χ1n) is 3.38. The minimum absolute atomic E-state index is 0.800. The average Bonchev–Trinajstić information content (AvgIpc) is 2.23. The minimum Gasteiger partial charge on any atom is -0.388 e. The molecule has 0 spiro atoms. The lowest BCUT2D eigenvalue weighted by Gasteiger charge is -2.09. The maximum atomic E-state index is 5.46. The molecule has 4 nitrogen and oxygen atoms in total. The van der Waals surface area contributed by atoms with Crippen LogP contribution in [0.2, 0.25) is 0 Å². The molecule has 0 saturated heterocycles. The van der Waals surface area contributed by atoms with Crippen molar-refractivity contribution in [2.24, 2.45) is 16.7 Å². The molecule has 13 heavy (non-hydrogen) atoms. The SMILES string of the molecule is N/C=N\N(N)c1ccccc1.SS. The van der Waals surface area contributed by atoms with Crippen LogP contribution in [0, 0.1) is 0 Å². The molecule has 0 fully saturated rings. The molecule has 1 aromatic rings. The zero-order valence-corrected chi connectivity index (χ0v) is 8.70. The Kier molecular flexibility index (Phi) is 7.27. The largest absolute Gasteiger partial charge is 0.388 e. The molecule has 0 aliphatic carbocycles. The molecule has 0 unspecified atom stereocenters. The van der Waals surface area contributed by atoms with E-state index in [1.165, 1.54) is 5.12 Å². The molecular weight excluding hydrogens is 204 g/mol. The second kappa shape index (κ2) is 7.78. The molecule has 6 heteroatoms. The monoisotopic (exact) mass is 216 g/mol. The van der Waals surface area contributed by atoms with Gasteiger partial charge in [0.1, 0.15) is 6.34 Å². The van der Waals surface area contributed by atoms with Crippen molar-refractivity contribution in [1.29, 1.82) is 0 Å². The number of hydrazine groups is 1. The van der Waals surface area contributed by atoms with E-state index in [-0.39, 0.29) is 0 Å². The van der Waals surface area contributed by atoms with Crippen LogP contribution in [0.3, 0.4) is 0 Å². The fourth-order valence-electron chi connectivity index (χ4n) is 0.719. The van der Waals surface area contributed by atoms with E-state index in [0.29, 0.717) is 0 Å². The van der Waals surface area contributed by atoms with Gasteiger partial charge in [-0.15, -0.1) is 28.4 Å². The van der Waals surface area contributed by atoms with Crippen LogP contribution in [0.15, 0.2) is 35.4 Å². The van der Waals surface area contributed by atoms with E-state index in [0.717, 1.165) is 12.0 Å². The van der Waals surface area contributed by atoms with Gasteiger partial charge in [-0.05, 0) is 12.1 Å². The van der Waals surface area contributed by atoms with E-state index in [4.69, 9.17) is 11.6 Å². The van der Waals surface area contributed by atoms with E-state index in [2.05, 4.69) is 28.4 Å². The van der Waals surface area contributed by atoms with E-state index in [1.807, 2.05) is 30.3 Å². The van der Waals surface area contributed by atoms with Gasteiger partial charge >= 0.3 is 0 Å². The quantitative estimate of drug-likeness (QED) is 0.149. The smallest absolute Gasteiger partial charge is 0.108 e. The fourth-order valence-corrected chi connectivity index (χ4v) is 0.719. The zero-order valence-electron chi connectivity index (χ0n) is 6.91. The average molecular weight is 216 g/mol. The maximum absolute atomic E-state index is 5.46. The van der Waals surface area contributed by atoms with Gasteiger partial charge in [0.05, 0.1) is 5.69 Å². The predicted molar refractivity (Wildman–Crippen MR) is 63.8 cm³/mol. The maximum Gasteiger partial charge on any atom is 0.108 e. The molecule has 1 rings (SSSR count). The molecule has 0 aliphatic rings. The number of hydrogen-bond donors (Lipinski definition) is 4. The van der Waals surface area contributed by atoms with Crippen molar-refractivity contribution in [3.8, 4) is 0 Å². The molecule has 0 radical (unpaired) electrons. The summed E-state index contributed by atoms with van der Waals surface area (Å²) in [4.78, 5) is 0. The third kappa shape index (κ3) is 4.66. The standard InChI is InChI=1S/C7H10N4.H2S2/c8-6-10-11(9)7-4-2-1-3-5-7;1-2/h1-6H,9H2,(H2,8,10);1-2H. The first kappa shape index (κ1) is 12.2. The van der Waals surface area contributed by atoms with Gasteiger partial charge in [-0.25, -0.2) is 5.84 Å². The summed E-state index contributed by atoms with van der Waals surface area (Å²) in [6.45, 7) is 0. The van der Waals surface area contributed by atoms with Crippen molar-refractivity contribution >= 4 is 35.3 Å². The van der Waals surface area contributed by atoms with E-state index < -0.39 is 0 Å². The first-order chi connectivity index (χ1) is 6.34. The van der Waals surface area contributed by atoms with Gasteiger partial charge in [0, 0.05) is 0 Å². The van der Waals surface area contributed by atoms with Crippen LogP contribution >= 0.6 is 23.3 Å². The van der Waals surface area contributed by atoms with Crippen LogP contribution in [0.1, 0.15) is 0 Å². The summed E-state index contributed by atoms with van der Waals surface area (Å²) >= 11 is 6.44. The highest BCUT2D eigenvalue weighted by Crippen LogP contribution is 2.08. The van der Waals surface area contributed by atoms with Crippen LogP contribution in [-0.4, -0.2) is 6.34 Å². The third-order valence-corrected chi connectivity index (χ3v) is 1.21. The molecule has 0 heterocycles. The van der Waals surface area contributed by atoms with Crippen molar-refractivity contribution in [2.45, 2.75) is 0 Å². The normalized spacial score (nSPS) is 9.15. The topological polar surface area (TPSA) is 67.6 Å². The Morgan fingerprint density at radius 2 is 1.77 bits per heavy atom. The lowest BCUT2D eigenvalue weighted by molar-refractivity contribution is 0.929. The summed E-state index contributed by atoms with van der Waals surface area (Å²) in [6, 6.07) is 9.34. The first-order valence-corrected chi connectivity index (χ1v) is 4.98. The Hall–Kier alpha value is -0.850. The second-order valence-electron chi connectivity index (χ2n) is 1.94. The van der Waals surface area contributed by atoms with Crippen molar-refractivity contribution < 1.29 is 0 Å². The number of nitrogens with zero attached hydrogens (tertiary/aromatic N) is 2. The van der Waals surface area contributed by atoms with Crippen LogP contribution in [0.4, 0.5) is 5.69 Å². The second-order valence-corrected chi connectivity index (χ2v) is 1.94. The van der Waals surface area contributed by atoms with Gasteiger partial charge in [0.2, 0.25) is 0 Å². The van der Waals surface area contributed by atoms with Gasteiger partial charge in [-0.2, -0.15) is 5.12 Å². The van der Waals surface area contributed by atoms with Crippen LogP contribution in [-0.2, 0) is 0 Å². The zero-order chi connectivity index (χ0) is 10.1. The summed E-state index contributed by atoms with van der Waals surface area (Å²) in [5.41, 5.74) is 5.85. The highest BCUT2D eigenvalue weighted by molar-refractivity contribution is 8.59. The molecule has 0 atom stereocenters. The van der Waals surface area contributed by atoms with Crippen molar-refractivity contribution in [3.63, 3.8) is 0 Å². The lowest BCUT2D eigenvalue weighted by Crippen LogP contribution is -2.25. The number of para-hydroxylation sites is 1. The number of thiol groups is 2. The van der Waals surface area contributed by atoms with Gasteiger partial charge in [-0.3, -0.25) is 0 Å². The van der Waals surface area contributed by atoms with Crippen molar-refractivity contribution in [2.75, 3.05) is 5.12 Å². The molecule has 72 valence electrons. The molecular formula is C7H12N4S2. The number of anilines is 1.